The lowest BCUT2D eigenvalue weighted by Crippen LogP contribution is -2.23. The fourth-order valence-corrected chi connectivity index (χ4v) is 6.33. The summed E-state index contributed by atoms with van der Waals surface area (Å²) in [5.74, 6) is -0.0281. The number of nitrogens with zero attached hydrogens (tertiary/aromatic N) is 4. The highest BCUT2D eigenvalue weighted by Crippen LogP contribution is 2.39. The van der Waals surface area contributed by atoms with Gasteiger partial charge >= 0.3 is 0 Å². The molecule has 2 aromatic rings. The van der Waals surface area contributed by atoms with Gasteiger partial charge in [-0.1, -0.05) is 0 Å². The summed E-state index contributed by atoms with van der Waals surface area (Å²) in [5, 5.41) is 11.6. The summed E-state index contributed by atoms with van der Waals surface area (Å²) in [5.41, 5.74) is 5.21. The Hall–Kier alpha value is -2.30. The zero-order valence-electron chi connectivity index (χ0n) is 16.5. The predicted octanol–water partition coefficient (Wildman–Crippen LogP) is 4.44. The van der Waals surface area contributed by atoms with E-state index < -0.39 is 0 Å². The van der Waals surface area contributed by atoms with E-state index in [-0.39, 0.29) is 5.91 Å². The van der Waals surface area contributed by atoms with Crippen LogP contribution in [0.25, 0.3) is 11.1 Å². The van der Waals surface area contributed by atoms with Crippen LogP contribution in [0, 0.1) is 25.2 Å². The maximum atomic E-state index is 12.5. The number of aliphatic imine (C=N–C) groups is 1. The van der Waals surface area contributed by atoms with Crippen molar-refractivity contribution in [3.05, 3.63) is 43.9 Å². The lowest BCUT2D eigenvalue weighted by Gasteiger charge is -2.10. The number of fused-ring (bicyclic) bond motifs is 1. The van der Waals surface area contributed by atoms with Crippen LogP contribution in [0.3, 0.4) is 0 Å². The van der Waals surface area contributed by atoms with E-state index in [1.165, 1.54) is 28.6 Å². The van der Waals surface area contributed by atoms with Crippen molar-refractivity contribution in [2.45, 2.75) is 39.5 Å². The van der Waals surface area contributed by atoms with Crippen LogP contribution in [0.4, 0.5) is 0 Å². The first-order valence-corrected chi connectivity index (χ1v) is 11.0. The van der Waals surface area contributed by atoms with Crippen molar-refractivity contribution in [3.8, 4) is 11.1 Å². The molecule has 0 aromatic carbocycles. The van der Waals surface area contributed by atoms with Crippen LogP contribution in [-0.4, -0.2) is 34.6 Å². The van der Waals surface area contributed by atoms with E-state index in [2.05, 4.69) is 35.5 Å². The lowest BCUT2D eigenvalue weighted by atomic mass is 9.96. The van der Waals surface area contributed by atoms with Crippen LogP contribution >= 0.6 is 23.1 Å². The first kappa shape index (κ1) is 19.0. The number of hydrogen-bond acceptors (Lipinski definition) is 5. The van der Waals surface area contributed by atoms with Crippen molar-refractivity contribution >= 4 is 40.2 Å². The highest BCUT2D eigenvalue weighted by molar-refractivity contribution is 8.18. The molecule has 0 unspecified atom stereocenters. The molecule has 1 amide bonds. The summed E-state index contributed by atoms with van der Waals surface area (Å²) >= 11 is 3.15. The number of aromatic nitrogens is 1. The molecule has 0 N–H and O–H groups in total. The van der Waals surface area contributed by atoms with Crippen molar-refractivity contribution in [2.75, 3.05) is 14.1 Å². The number of amides is 1. The summed E-state index contributed by atoms with van der Waals surface area (Å²) < 4.78 is 2.18. The molecule has 0 bridgehead atoms. The molecule has 0 atom stereocenters. The minimum atomic E-state index is -0.0281. The van der Waals surface area contributed by atoms with Crippen LogP contribution in [0.15, 0.2) is 16.0 Å². The number of thioether (sulfide) groups is 1. The number of amidine groups is 1. The van der Waals surface area contributed by atoms with E-state index in [1.807, 2.05) is 6.08 Å². The maximum absolute atomic E-state index is 12.5. The lowest BCUT2D eigenvalue weighted by molar-refractivity contribution is -0.121. The first-order chi connectivity index (χ1) is 13.5. The first-order valence-electron chi connectivity index (χ1n) is 9.34. The molecule has 28 heavy (non-hydrogen) atoms. The van der Waals surface area contributed by atoms with Gasteiger partial charge in [0.1, 0.15) is 11.1 Å². The Morgan fingerprint density at radius 2 is 2.04 bits per heavy atom. The van der Waals surface area contributed by atoms with Crippen LogP contribution in [0.5, 0.6) is 0 Å². The average molecular weight is 411 g/mol. The standard InChI is InChI=1S/C21H22N4OS2/c1-12-9-14(10-18-19(26)24(4)21(23-3)28-18)13(2)25(12)20-16(11-22)15-7-5-6-8-17(15)27-20/h9-10H,5-8H2,1-4H3/b18-10+,23-21?. The van der Waals surface area contributed by atoms with Crippen LogP contribution in [0.1, 0.15) is 45.8 Å². The van der Waals surface area contributed by atoms with Gasteiger partial charge in [-0.15, -0.1) is 11.3 Å². The van der Waals surface area contributed by atoms with Gasteiger partial charge in [-0.2, -0.15) is 5.26 Å². The summed E-state index contributed by atoms with van der Waals surface area (Å²) in [6.45, 7) is 4.12. The smallest absolute Gasteiger partial charge is 0.266 e. The minimum absolute atomic E-state index is 0.0281. The molecule has 0 radical (unpaired) electrons. The highest BCUT2D eigenvalue weighted by Gasteiger charge is 2.30. The molecular weight excluding hydrogens is 388 g/mol. The largest absolute Gasteiger partial charge is 0.308 e. The topological polar surface area (TPSA) is 61.4 Å². The Kier molecular flexibility index (Phi) is 4.94. The number of likely N-dealkylation sites (N-methyl/N-ethyl adjacent to an activating group) is 1. The molecular formula is C21H22N4OS2. The molecule has 2 aromatic heterocycles. The van der Waals surface area contributed by atoms with Gasteiger partial charge in [-0.25, -0.2) is 0 Å². The Morgan fingerprint density at radius 1 is 1.29 bits per heavy atom. The van der Waals surface area contributed by atoms with E-state index in [9.17, 15) is 10.1 Å². The van der Waals surface area contributed by atoms with Gasteiger partial charge in [0.25, 0.3) is 5.91 Å². The second-order valence-electron chi connectivity index (χ2n) is 7.15. The number of nitriles is 1. The molecule has 3 heterocycles. The van der Waals surface area contributed by atoms with Gasteiger partial charge < -0.3 is 4.57 Å². The van der Waals surface area contributed by atoms with Gasteiger partial charge in [0.15, 0.2) is 5.17 Å². The van der Waals surface area contributed by atoms with E-state index >= 15 is 0 Å². The molecule has 1 saturated heterocycles. The third-order valence-corrected chi connectivity index (χ3v) is 7.85. The van der Waals surface area contributed by atoms with Crippen LogP contribution in [0.2, 0.25) is 0 Å². The fourth-order valence-electron chi connectivity index (χ4n) is 3.96. The van der Waals surface area contributed by atoms with Crippen molar-refractivity contribution in [1.29, 1.82) is 5.26 Å². The summed E-state index contributed by atoms with van der Waals surface area (Å²) in [6.07, 6.45) is 6.38. The van der Waals surface area contributed by atoms with E-state index in [1.54, 1.807) is 30.3 Å². The fraction of sp³-hybridized carbons (Fsp3) is 0.381. The molecule has 7 heteroatoms. The number of carbonyl (C=O) groups is 1. The van der Waals surface area contributed by atoms with Crippen molar-refractivity contribution in [1.82, 2.24) is 9.47 Å². The number of hydrogen-bond donors (Lipinski definition) is 0. The normalized spacial score (nSPS) is 19.5. The van der Waals surface area contributed by atoms with Crippen LogP contribution in [-0.2, 0) is 17.6 Å². The van der Waals surface area contributed by atoms with Gasteiger partial charge in [-0.3, -0.25) is 14.7 Å². The molecule has 2 aliphatic rings. The van der Waals surface area contributed by atoms with E-state index in [0.29, 0.717) is 10.1 Å². The van der Waals surface area contributed by atoms with Gasteiger partial charge in [0, 0.05) is 30.4 Å². The van der Waals surface area contributed by atoms with Crippen LogP contribution < -0.4 is 0 Å². The van der Waals surface area contributed by atoms with Gasteiger partial charge in [0.2, 0.25) is 0 Å². The zero-order valence-corrected chi connectivity index (χ0v) is 18.1. The summed E-state index contributed by atoms with van der Waals surface area (Å²) in [4.78, 5) is 20.3. The van der Waals surface area contributed by atoms with Gasteiger partial charge in [0.05, 0.1) is 10.5 Å². The van der Waals surface area contributed by atoms with E-state index in [0.717, 1.165) is 46.8 Å². The molecule has 144 valence electrons. The Labute approximate surface area is 173 Å². The molecule has 5 nitrogen and oxygen atoms in total. The Morgan fingerprint density at radius 3 is 2.71 bits per heavy atom. The number of carbonyl (C=O) groups excluding carboxylic acids is 1. The Bertz CT molecular complexity index is 1080. The predicted molar refractivity (Wildman–Crippen MR) is 116 cm³/mol. The number of rotatable bonds is 2. The summed E-state index contributed by atoms with van der Waals surface area (Å²) in [7, 11) is 3.44. The van der Waals surface area contributed by atoms with Crippen molar-refractivity contribution in [3.63, 3.8) is 0 Å². The Balaban J connectivity index is 1.80. The molecule has 0 saturated carbocycles. The third kappa shape index (κ3) is 2.92. The highest BCUT2D eigenvalue weighted by atomic mass is 32.2. The maximum Gasteiger partial charge on any atom is 0.266 e. The molecule has 1 aliphatic carbocycles. The summed E-state index contributed by atoms with van der Waals surface area (Å²) in [6, 6.07) is 4.55. The minimum Gasteiger partial charge on any atom is -0.308 e. The molecule has 1 fully saturated rings. The third-order valence-electron chi connectivity index (χ3n) is 5.42. The van der Waals surface area contributed by atoms with Gasteiger partial charge in [-0.05, 0) is 74.6 Å². The second-order valence-corrected chi connectivity index (χ2v) is 9.24. The van der Waals surface area contributed by atoms with Crippen molar-refractivity contribution < 1.29 is 4.79 Å². The monoisotopic (exact) mass is 410 g/mol. The zero-order chi connectivity index (χ0) is 20.0. The molecule has 4 rings (SSSR count). The molecule has 0 spiro atoms. The number of thiophene rings is 1. The van der Waals surface area contributed by atoms with Crippen molar-refractivity contribution in [2.24, 2.45) is 4.99 Å². The number of aryl methyl sites for hydroxylation is 2. The average Bonchev–Trinajstić information content (AvgIpc) is 3.28. The quantitative estimate of drug-likeness (QED) is 0.688. The SMILES string of the molecule is CN=C1S/C(=C/c2cc(C)n(-c3sc4c(c3C#N)CCCC4)c2C)C(=O)N1C. The van der Waals surface area contributed by atoms with E-state index in [4.69, 9.17) is 0 Å². The second kappa shape index (κ2) is 7.26. The molecule has 1 aliphatic heterocycles.